The van der Waals surface area contributed by atoms with Gasteiger partial charge in [0.1, 0.15) is 22.8 Å². The molecule has 4 aromatic rings. The number of hydrogen-bond acceptors (Lipinski definition) is 7. The number of halogens is 2. The minimum absolute atomic E-state index is 0.0425. The molecule has 0 radical (unpaired) electrons. The van der Waals surface area contributed by atoms with Gasteiger partial charge in [-0.1, -0.05) is 0 Å². The summed E-state index contributed by atoms with van der Waals surface area (Å²) in [4.78, 5) is 28.9. The Morgan fingerprint density at radius 2 is 1.97 bits per heavy atom. The molecule has 1 aliphatic rings. The van der Waals surface area contributed by atoms with Gasteiger partial charge in [-0.25, -0.2) is 23.7 Å². The lowest BCUT2D eigenvalue weighted by Crippen LogP contribution is -2.14. The summed E-state index contributed by atoms with van der Waals surface area (Å²) in [6.07, 6.45) is 3.49. The lowest BCUT2D eigenvalue weighted by atomic mass is 10.1. The largest absolute Gasteiger partial charge is 0.434 e. The van der Waals surface area contributed by atoms with Crippen molar-refractivity contribution < 1.29 is 18.0 Å². The minimum atomic E-state index is -2.70. The van der Waals surface area contributed by atoms with Crippen molar-refractivity contribution in [2.24, 2.45) is 5.92 Å². The molecule has 1 fully saturated rings. The molecule has 0 aliphatic heterocycles. The smallest absolute Gasteiger partial charge is 0.280 e. The number of carbonyl (C=O) groups is 1. The number of anilines is 2. The van der Waals surface area contributed by atoms with Crippen molar-refractivity contribution in [3.8, 4) is 11.5 Å². The fourth-order valence-corrected chi connectivity index (χ4v) is 3.23. The molecule has 0 unspecified atom stereocenters. The summed E-state index contributed by atoms with van der Waals surface area (Å²) in [7, 11) is 1.74. The predicted molar refractivity (Wildman–Crippen MR) is 106 cm³/mol. The molecule has 1 amide bonds. The van der Waals surface area contributed by atoms with Gasteiger partial charge in [-0.05, 0) is 25.0 Å². The molecular weight excluding hydrogens is 394 g/mol. The zero-order chi connectivity index (χ0) is 20.8. The van der Waals surface area contributed by atoms with Gasteiger partial charge in [0.05, 0.1) is 11.8 Å². The van der Waals surface area contributed by atoms with E-state index in [1.807, 2.05) is 0 Å². The summed E-state index contributed by atoms with van der Waals surface area (Å²) in [6, 6.07) is 2.93. The number of pyridine rings is 3. The molecule has 8 nitrogen and oxygen atoms in total. The molecule has 30 heavy (non-hydrogen) atoms. The van der Waals surface area contributed by atoms with Crippen molar-refractivity contribution in [1.82, 2.24) is 19.9 Å². The topological polar surface area (TPSA) is 106 Å². The Hall–Kier alpha value is -3.69. The lowest BCUT2D eigenvalue weighted by molar-refractivity contribution is -0.117. The van der Waals surface area contributed by atoms with Crippen LogP contribution in [0.25, 0.3) is 33.3 Å². The van der Waals surface area contributed by atoms with Crippen molar-refractivity contribution in [3.63, 3.8) is 0 Å². The number of nitrogens with zero attached hydrogens (tertiary/aromatic N) is 4. The highest BCUT2D eigenvalue weighted by Gasteiger charge is 2.30. The molecule has 0 bridgehead atoms. The number of amides is 1. The van der Waals surface area contributed by atoms with E-state index in [0.717, 1.165) is 12.8 Å². The van der Waals surface area contributed by atoms with Crippen LogP contribution in [0.5, 0.6) is 0 Å². The molecule has 0 aromatic carbocycles. The molecule has 2 N–H and O–H groups in total. The van der Waals surface area contributed by atoms with Crippen LogP contribution in [-0.2, 0) is 4.79 Å². The Morgan fingerprint density at radius 1 is 1.13 bits per heavy atom. The van der Waals surface area contributed by atoms with E-state index in [1.165, 1.54) is 12.3 Å². The van der Waals surface area contributed by atoms with Crippen LogP contribution in [0, 0.1) is 5.92 Å². The van der Waals surface area contributed by atoms with E-state index in [0.29, 0.717) is 28.0 Å². The van der Waals surface area contributed by atoms with Crippen molar-refractivity contribution >= 4 is 39.4 Å². The lowest BCUT2D eigenvalue weighted by Gasteiger charge is -2.10. The molecule has 152 valence electrons. The number of fused-ring (bicyclic) bond motifs is 2. The number of hydrogen-bond donors (Lipinski definition) is 2. The molecule has 4 aromatic heterocycles. The molecule has 4 heterocycles. The number of alkyl halides is 2. The average molecular weight is 410 g/mol. The molecule has 1 aliphatic carbocycles. The zero-order valence-electron chi connectivity index (χ0n) is 15.8. The quantitative estimate of drug-likeness (QED) is 0.509. The number of aromatic nitrogens is 4. The standard InChI is InChI=1S/C20H16F2N6O2/c1-23-18-11-6-25-16(28-19(29)9-2-3-9)4-10(11)12(7-26-18)20-27-13-5-14(17(21)22)24-8-15(13)30-20/h4-9,17H,2-3H2,1H3,(H,23,26)(H,25,28,29). The third-order valence-corrected chi connectivity index (χ3v) is 4.96. The van der Waals surface area contributed by atoms with Crippen LogP contribution in [0.4, 0.5) is 20.4 Å². The van der Waals surface area contributed by atoms with Crippen LogP contribution in [0.3, 0.4) is 0 Å². The summed E-state index contributed by atoms with van der Waals surface area (Å²) < 4.78 is 31.6. The highest BCUT2D eigenvalue weighted by atomic mass is 19.3. The van der Waals surface area contributed by atoms with Gasteiger partial charge in [0.2, 0.25) is 11.8 Å². The average Bonchev–Trinajstić information content (AvgIpc) is 3.51. The number of nitrogens with one attached hydrogen (secondary N) is 2. The Kier molecular flexibility index (Phi) is 4.27. The highest BCUT2D eigenvalue weighted by Crippen LogP contribution is 2.35. The van der Waals surface area contributed by atoms with Gasteiger partial charge in [-0.15, -0.1) is 0 Å². The van der Waals surface area contributed by atoms with Gasteiger partial charge >= 0.3 is 0 Å². The Bertz CT molecular complexity index is 1290. The van der Waals surface area contributed by atoms with E-state index >= 15 is 0 Å². The first kappa shape index (κ1) is 18.3. The Balaban J connectivity index is 1.63. The molecule has 10 heteroatoms. The van der Waals surface area contributed by atoms with E-state index < -0.39 is 6.43 Å². The third kappa shape index (κ3) is 3.19. The van der Waals surface area contributed by atoms with E-state index in [-0.39, 0.29) is 34.5 Å². The third-order valence-electron chi connectivity index (χ3n) is 4.96. The van der Waals surface area contributed by atoms with Crippen LogP contribution < -0.4 is 10.6 Å². The normalized spacial score (nSPS) is 13.9. The first-order chi connectivity index (χ1) is 14.5. The van der Waals surface area contributed by atoms with Gasteiger partial charge in [0.15, 0.2) is 5.58 Å². The van der Waals surface area contributed by atoms with Crippen LogP contribution in [0.2, 0.25) is 0 Å². The van der Waals surface area contributed by atoms with E-state index in [9.17, 15) is 13.6 Å². The molecule has 0 atom stereocenters. The fourth-order valence-electron chi connectivity index (χ4n) is 3.23. The van der Waals surface area contributed by atoms with Gasteiger partial charge in [0, 0.05) is 36.1 Å². The van der Waals surface area contributed by atoms with Gasteiger partial charge < -0.3 is 15.1 Å². The van der Waals surface area contributed by atoms with E-state index in [4.69, 9.17) is 4.42 Å². The second kappa shape index (κ2) is 6.97. The summed E-state index contributed by atoms with van der Waals surface area (Å²) in [5.74, 6) is 1.20. The monoisotopic (exact) mass is 410 g/mol. The first-order valence-electron chi connectivity index (χ1n) is 9.36. The van der Waals surface area contributed by atoms with Gasteiger partial charge in [-0.2, -0.15) is 0 Å². The summed E-state index contributed by atoms with van der Waals surface area (Å²) in [5, 5.41) is 7.22. The number of carbonyl (C=O) groups excluding carboxylic acids is 1. The number of rotatable bonds is 5. The van der Waals surface area contributed by atoms with Gasteiger partial charge in [-0.3, -0.25) is 9.78 Å². The maximum absolute atomic E-state index is 12.9. The highest BCUT2D eigenvalue weighted by molar-refractivity contribution is 6.03. The van der Waals surface area contributed by atoms with E-state index in [2.05, 4.69) is 30.6 Å². The Labute approximate surface area is 168 Å². The summed E-state index contributed by atoms with van der Waals surface area (Å²) >= 11 is 0. The van der Waals surface area contributed by atoms with Crippen molar-refractivity contribution in [1.29, 1.82) is 0 Å². The molecular formula is C20H16F2N6O2. The first-order valence-corrected chi connectivity index (χ1v) is 9.36. The van der Waals surface area contributed by atoms with Crippen LogP contribution >= 0.6 is 0 Å². The predicted octanol–water partition coefficient (Wildman–Crippen LogP) is 4.16. The Morgan fingerprint density at radius 3 is 2.70 bits per heavy atom. The van der Waals surface area contributed by atoms with Crippen LogP contribution in [0.1, 0.15) is 25.0 Å². The van der Waals surface area contributed by atoms with E-state index in [1.54, 1.807) is 25.5 Å². The summed E-state index contributed by atoms with van der Waals surface area (Å²) in [5.41, 5.74) is 0.738. The van der Waals surface area contributed by atoms with Crippen molar-refractivity contribution in [2.75, 3.05) is 17.7 Å². The van der Waals surface area contributed by atoms with Gasteiger partial charge in [0.25, 0.3) is 6.43 Å². The maximum Gasteiger partial charge on any atom is 0.280 e. The molecule has 0 saturated heterocycles. The SMILES string of the molecule is CNc1ncc(-c2nc3cc(C(F)F)ncc3o2)c2cc(NC(=O)C3CC3)ncc12. The minimum Gasteiger partial charge on any atom is -0.434 e. The zero-order valence-corrected chi connectivity index (χ0v) is 15.8. The molecule has 5 rings (SSSR count). The van der Waals surface area contributed by atoms with Crippen molar-refractivity contribution in [3.05, 3.63) is 36.4 Å². The maximum atomic E-state index is 12.9. The second-order valence-electron chi connectivity index (χ2n) is 7.05. The van der Waals surface area contributed by atoms with Crippen LogP contribution in [0.15, 0.2) is 35.1 Å². The molecule has 0 spiro atoms. The van der Waals surface area contributed by atoms with Crippen molar-refractivity contribution in [2.45, 2.75) is 19.3 Å². The number of oxazole rings is 1. The molecule has 1 saturated carbocycles. The summed E-state index contributed by atoms with van der Waals surface area (Å²) in [6.45, 7) is 0. The second-order valence-corrected chi connectivity index (χ2v) is 7.05. The van der Waals surface area contributed by atoms with Crippen LogP contribution in [-0.4, -0.2) is 32.9 Å². The fraction of sp³-hybridized carbons (Fsp3) is 0.250.